The van der Waals surface area contributed by atoms with Crippen LogP contribution in [0.5, 0.6) is 5.75 Å². The van der Waals surface area contributed by atoms with Crippen molar-refractivity contribution in [3.05, 3.63) is 64.6 Å². The molecule has 0 aliphatic rings. The molecule has 0 aliphatic heterocycles. The summed E-state index contributed by atoms with van der Waals surface area (Å²) in [7, 11) is 0. The maximum absolute atomic E-state index is 5.69. The zero-order chi connectivity index (χ0) is 12.6. The van der Waals surface area contributed by atoms with E-state index in [-0.39, 0.29) is 0 Å². The Morgan fingerprint density at radius 1 is 0.889 bits per heavy atom. The van der Waals surface area contributed by atoms with Crippen LogP contribution >= 0.6 is 15.9 Å². The van der Waals surface area contributed by atoms with Gasteiger partial charge in [-0.3, -0.25) is 0 Å². The predicted octanol–water partition coefficient (Wildman–Crippen LogP) is 4.85. The minimum atomic E-state index is 0.781. The first-order valence-electron chi connectivity index (χ1n) is 6.27. The number of halogens is 1. The smallest absolute Gasteiger partial charge is 0.120 e. The molecule has 0 saturated heterocycles. The molecule has 0 aliphatic carbocycles. The Kier molecular flexibility index (Phi) is 5.28. The summed E-state index contributed by atoms with van der Waals surface area (Å²) in [6.45, 7) is 0.781. The molecule has 0 spiro atoms. The Morgan fingerprint density at radius 2 is 1.72 bits per heavy atom. The van der Waals surface area contributed by atoms with E-state index in [9.17, 15) is 0 Å². The molecular formula is C16H17BrO. The van der Waals surface area contributed by atoms with Crippen molar-refractivity contribution < 1.29 is 4.74 Å². The largest absolute Gasteiger partial charge is 0.494 e. The first-order chi connectivity index (χ1) is 8.84. The van der Waals surface area contributed by atoms with Crippen LogP contribution in [0.15, 0.2) is 59.1 Å². The highest BCUT2D eigenvalue weighted by atomic mass is 79.9. The number of hydrogen-bond acceptors (Lipinski definition) is 1. The Balaban J connectivity index is 1.65. The molecule has 2 rings (SSSR count). The summed E-state index contributed by atoms with van der Waals surface area (Å²) in [5, 5.41) is 0. The number of hydrogen-bond donors (Lipinski definition) is 0. The Morgan fingerprint density at radius 3 is 2.50 bits per heavy atom. The molecule has 0 radical (unpaired) electrons. The van der Waals surface area contributed by atoms with Gasteiger partial charge < -0.3 is 4.74 Å². The van der Waals surface area contributed by atoms with Gasteiger partial charge in [0.1, 0.15) is 5.75 Å². The highest BCUT2D eigenvalue weighted by Crippen LogP contribution is 2.18. The van der Waals surface area contributed by atoms with Gasteiger partial charge in [-0.2, -0.15) is 0 Å². The van der Waals surface area contributed by atoms with Crippen LogP contribution in [0.25, 0.3) is 0 Å². The second-order valence-corrected chi connectivity index (χ2v) is 5.16. The van der Waals surface area contributed by atoms with Crippen molar-refractivity contribution in [3.63, 3.8) is 0 Å². The van der Waals surface area contributed by atoms with E-state index < -0.39 is 0 Å². The molecular weight excluding hydrogens is 288 g/mol. The lowest BCUT2D eigenvalue weighted by Gasteiger charge is -2.06. The number of unbranched alkanes of at least 4 members (excludes halogenated alkanes) is 1. The highest BCUT2D eigenvalue weighted by molar-refractivity contribution is 9.10. The minimum Gasteiger partial charge on any atom is -0.494 e. The van der Waals surface area contributed by atoms with Crippen LogP contribution in [0.4, 0.5) is 0 Å². The van der Waals surface area contributed by atoms with Crippen molar-refractivity contribution in [2.75, 3.05) is 6.61 Å². The fourth-order valence-corrected chi connectivity index (χ4v) is 2.20. The number of ether oxygens (including phenoxy) is 1. The van der Waals surface area contributed by atoms with Gasteiger partial charge in [0.15, 0.2) is 0 Å². The Hall–Kier alpha value is -1.28. The summed E-state index contributed by atoms with van der Waals surface area (Å²) in [6.07, 6.45) is 3.38. The molecule has 94 valence electrons. The first kappa shape index (κ1) is 13.2. The average Bonchev–Trinajstić information content (AvgIpc) is 2.40. The van der Waals surface area contributed by atoms with Crippen LogP contribution < -0.4 is 4.74 Å². The van der Waals surface area contributed by atoms with Gasteiger partial charge >= 0.3 is 0 Å². The van der Waals surface area contributed by atoms with Crippen molar-refractivity contribution in [1.29, 1.82) is 0 Å². The maximum Gasteiger partial charge on any atom is 0.120 e. The first-order valence-corrected chi connectivity index (χ1v) is 7.06. The van der Waals surface area contributed by atoms with E-state index in [0.717, 1.165) is 36.1 Å². The van der Waals surface area contributed by atoms with Gasteiger partial charge in [-0.1, -0.05) is 52.3 Å². The van der Waals surface area contributed by atoms with Gasteiger partial charge in [0.2, 0.25) is 0 Å². The summed E-state index contributed by atoms with van der Waals surface area (Å²) >= 11 is 3.44. The van der Waals surface area contributed by atoms with Crippen LogP contribution in [0.3, 0.4) is 0 Å². The molecule has 0 saturated carbocycles. The molecule has 0 bridgehead atoms. The van der Waals surface area contributed by atoms with Crippen LogP contribution in [-0.4, -0.2) is 6.61 Å². The summed E-state index contributed by atoms with van der Waals surface area (Å²) in [5.41, 5.74) is 1.40. The van der Waals surface area contributed by atoms with Crippen molar-refractivity contribution in [2.24, 2.45) is 0 Å². The third-order valence-corrected chi connectivity index (χ3v) is 3.26. The number of benzene rings is 2. The van der Waals surface area contributed by atoms with E-state index in [0.29, 0.717) is 0 Å². The van der Waals surface area contributed by atoms with E-state index in [4.69, 9.17) is 4.74 Å². The van der Waals surface area contributed by atoms with Gasteiger partial charge in [0, 0.05) is 4.47 Å². The summed E-state index contributed by atoms with van der Waals surface area (Å²) < 4.78 is 6.75. The molecule has 0 heterocycles. The molecule has 0 aromatic heterocycles. The van der Waals surface area contributed by atoms with Crippen LogP contribution in [0, 0.1) is 0 Å². The molecule has 1 nitrogen and oxygen atoms in total. The molecule has 2 aromatic rings. The molecule has 0 amide bonds. The van der Waals surface area contributed by atoms with Crippen molar-refractivity contribution in [2.45, 2.75) is 19.3 Å². The van der Waals surface area contributed by atoms with E-state index >= 15 is 0 Å². The van der Waals surface area contributed by atoms with E-state index in [1.54, 1.807) is 0 Å². The van der Waals surface area contributed by atoms with Gasteiger partial charge in [-0.15, -0.1) is 0 Å². The number of rotatable bonds is 6. The van der Waals surface area contributed by atoms with Crippen molar-refractivity contribution in [3.8, 4) is 5.75 Å². The highest BCUT2D eigenvalue weighted by Gasteiger charge is 1.96. The summed E-state index contributed by atoms with van der Waals surface area (Å²) in [4.78, 5) is 0. The second-order valence-electron chi connectivity index (χ2n) is 4.25. The molecule has 0 N–H and O–H groups in total. The summed E-state index contributed by atoms with van der Waals surface area (Å²) in [5.74, 6) is 0.934. The minimum absolute atomic E-state index is 0.781. The molecule has 0 unspecified atom stereocenters. The van der Waals surface area contributed by atoms with Crippen molar-refractivity contribution >= 4 is 15.9 Å². The molecule has 2 heteroatoms. The van der Waals surface area contributed by atoms with Crippen LogP contribution in [0.1, 0.15) is 18.4 Å². The topological polar surface area (TPSA) is 9.23 Å². The molecule has 18 heavy (non-hydrogen) atoms. The normalized spacial score (nSPS) is 10.3. The molecule has 0 fully saturated rings. The quantitative estimate of drug-likeness (QED) is 0.693. The summed E-state index contributed by atoms with van der Waals surface area (Å²) in [6, 6.07) is 18.6. The van der Waals surface area contributed by atoms with Gasteiger partial charge in [0.25, 0.3) is 0 Å². The van der Waals surface area contributed by atoms with Gasteiger partial charge in [-0.05, 0) is 43.0 Å². The monoisotopic (exact) mass is 304 g/mol. The zero-order valence-corrected chi connectivity index (χ0v) is 11.9. The SMILES string of the molecule is Brc1cccc(OCCCCc2ccccc2)c1. The third kappa shape index (κ3) is 4.53. The number of aryl methyl sites for hydroxylation is 1. The van der Waals surface area contributed by atoms with E-state index in [2.05, 4.69) is 46.3 Å². The van der Waals surface area contributed by atoms with Crippen molar-refractivity contribution in [1.82, 2.24) is 0 Å². The Bertz CT molecular complexity index is 468. The predicted molar refractivity (Wildman–Crippen MR) is 79.0 cm³/mol. The lowest BCUT2D eigenvalue weighted by molar-refractivity contribution is 0.307. The molecule has 0 atom stereocenters. The Labute approximate surface area is 117 Å². The lowest BCUT2D eigenvalue weighted by Crippen LogP contribution is -1.98. The van der Waals surface area contributed by atoms with Gasteiger partial charge in [0.05, 0.1) is 6.61 Å². The zero-order valence-electron chi connectivity index (χ0n) is 10.3. The molecule has 2 aromatic carbocycles. The van der Waals surface area contributed by atoms with E-state index in [1.807, 2.05) is 24.3 Å². The van der Waals surface area contributed by atoms with E-state index in [1.165, 1.54) is 5.56 Å². The maximum atomic E-state index is 5.69. The fraction of sp³-hybridized carbons (Fsp3) is 0.250. The second kappa shape index (κ2) is 7.22. The fourth-order valence-electron chi connectivity index (χ4n) is 1.82. The lowest BCUT2D eigenvalue weighted by atomic mass is 10.1. The van der Waals surface area contributed by atoms with Crippen LogP contribution in [0.2, 0.25) is 0 Å². The average molecular weight is 305 g/mol. The third-order valence-electron chi connectivity index (χ3n) is 2.77. The van der Waals surface area contributed by atoms with Crippen LogP contribution in [-0.2, 0) is 6.42 Å². The standard InChI is InChI=1S/C16H17BrO/c17-15-10-6-11-16(13-15)18-12-5-4-9-14-7-2-1-3-8-14/h1-3,6-8,10-11,13H,4-5,9,12H2. The van der Waals surface area contributed by atoms with Gasteiger partial charge in [-0.25, -0.2) is 0 Å².